The van der Waals surface area contributed by atoms with Crippen molar-refractivity contribution in [3.63, 3.8) is 0 Å². The maximum atomic E-state index is 7.56. The highest BCUT2D eigenvalue weighted by atomic mass is 32.5. The van der Waals surface area contributed by atoms with Crippen molar-refractivity contribution in [1.29, 1.82) is 0 Å². The van der Waals surface area contributed by atoms with E-state index in [9.17, 15) is 0 Å². The van der Waals surface area contributed by atoms with Crippen molar-refractivity contribution in [3.05, 3.63) is 0 Å². The zero-order valence-electron chi connectivity index (χ0n) is 35.8. The van der Waals surface area contributed by atoms with Crippen LogP contribution in [0.4, 0.5) is 0 Å². The smallest absolute Gasteiger partial charge is 0.319 e. The fourth-order valence-electron chi connectivity index (χ4n) is 5.58. The second-order valence-electron chi connectivity index (χ2n) is 15.8. The number of rotatable bonds is 28. The predicted molar refractivity (Wildman–Crippen MR) is 243 cm³/mol. The summed E-state index contributed by atoms with van der Waals surface area (Å²) in [7, 11) is -0.697. The summed E-state index contributed by atoms with van der Waals surface area (Å²) in [4.78, 5) is 45.3. The molecule has 0 saturated carbocycles. The largest absolute Gasteiger partial charge is 0.325 e. The van der Waals surface area contributed by atoms with Gasteiger partial charge in [-0.1, -0.05) is 172 Å². The Morgan fingerprint density at radius 1 is 0.333 bits per heavy atom. The van der Waals surface area contributed by atoms with Crippen LogP contribution >= 0.6 is 20.7 Å². The molecule has 0 unspecified atom stereocenters. The Labute approximate surface area is 332 Å². The first-order chi connectivity index (χ1) is 23.7. The fourth-order valence-corrected chi connectivity index (χ4v) is 10.5. The Hall–Kier alpha value is 1.49. The zero-order chi connectivity index (χ0) is 40.5. The quantitative estimate of drug-likeness (QED) is 0.0341. The van der Waals surface area contributed by atoms with Crippen LogP contribution in [-0.2, 0) is 23.6 Å². The minimum atomic E-state index is -3.81. The first-order valence-corrected chi connectivity index (χ1v) is 29.0. The van der Waals surface area contributed by atoms with Gasteiger partial charge in [0.25, 0.3) is 0 Å². The molecule has 11 heteroatoms. The lowest BCUT2D eigenvalue weighted by Gasteiger charge is -2.28. The summed E-state index contributed by atoms with van der Waals surface area (Å²) in [5, 5.41) is 0. The van der Waals surface area contributed by atoms with Crippen molar-refractivity contribution < 1.29 is 29.4 Å². The molecule has 0 amide bonds. The molecule has 6 nitrogen and oxygen atoms in total. The predicted octanol–water partition coefficient (Wildman–Crippen LogP) is 14.1. The van der Waals surface area contributed by atoms with E-state index in [2.05, 4.69) is 92.9 Å². The lowest BCUT2D eigenvalue weighted by Crippen LogP contribution is -2.13. The molecule has 0 aliphatic heterocycles. The van der Waals surface area contributed by atoms with Crippen LogP contribution in [0, 0.1) is 11.8 Å². The van der Waals surface area contributed by atoms with E-state index in [1.165, 1.54) is 128 Å². The van der Waals surface area contributed by atoms with Crippen molar-refractivity contribution in [2.45, 2.75) is 223 Å². The summed E-state index contributed by atoms with van der Waals surface area (Å²) < 4.78 is 0. The van der Waals surface area contributed by atoms with Gasteiger partial charge in [0.05, 0.1) is 24.6 Å². The summed E-state index contributed by atoms with van der Waals surface area (Å²) >= 11 is 7.21. The van der Waals surface area contributed by atoms with E-state index in [0.717, 1.165) is 11.8 Å². The molecular weight excluding hydrogens is 733 g/mol. The van der Waals surface area contributed by atoms with Crippen LogP contribution in [0.1, 0.15) is 223 Å². The zero-order valence-corrected chi connectivity index (χ0v) is 40.1. The van der Waals surface area contributed by atoms with E-state index in [4.69, 9.17) is 29.4 Å². The molecule has 0 aromatic rings. The maximum absolute atomic E-state index is 7.56. The highest BCUT2D eigenvalue weighted by molar-refractivity contribution is 8.06. The minimum Gasteiger partial charge on any atom is -0.325 e. The molecule has 0 heterocycles. The van der Waals surface area contributed by atoms with Crippen molar-refractivity contribution >= 4 is 44.3 Å². The van der Waals surface area contributed by atoms with Crippen LogP contribution in [0.3, 0.4) is 0 Å². The van der Waals surface area contributed by atoms with Gasteiger partial charge in [-0.15, -0.1) is 0 Å². The summed E-state index contributed by atoms with van der Waals surface area (Å²) in [5.41, 5.74) is 0. The van der Waals surface area contributed by atoms with Gasteiger partial charge >= 0.3 is 13.4 Å². The van der Waals surface area contributed by atoms with Crippen molar-refractivity contribution in [1.82, 2.24) is 0 Å². The van der Waals surface area contributed by atoms with E-state index in [1.54, 1.807) is 50.3 Å². The van der Waals surface area contributed by atoms with Crippen LogP contribution in [0.5, 0.6) is 0 Å². The summed E-state index contributed by atoms with van der Waals surface area (Å²) in [6, 6.07) is 0. The molecule has 0 rings (SSSR count). The third-order valence-corrected chi connectivity index (χ3v) is 13.0. The third-order valence-electron chi connectivity index (χ3n) is 7.94. The average Bonchev–Trinajstić information content (AvgIpc) is 2.98. The van der Waals surface area contributed by atoms with Gasteiger partial charge in [-0.25, -0.2) is 0 Å². The van der Waals surface area contributed by atoms with Gasteiger partial charge in [0.1, 0.15) is 0 Å². The molecule has 6 N–H and O–H groups in total. The molecule has 0 aliphatic rings. The van der Waals surface area contributed by atoms with E-state index in [-0.39, 0.29) is 0 Å². The summed E-state index contributed by atoms with van der Waals surface area (Å²) in [6.07, 6.45) is 42.1. The molecule has 0 aliphatic carbocycles. The van der Waals surface area contributed by atoms with E-state index in [1.807, 2.05) is 0 Å². The summed E-state index contributed by atoms with van der Waals surface area (Å²) in [5.74, 6) is 1.67. The van der Waals surface area contributed by atoms with E-state index >= 15 is 0 Å². The Morgan fingerprint density at radius 2 is 0.451 bits per heavy atom. The third kappa shape index (κ3) is 89.7. The van der Waals surface area contributed by atoms with Crippen LogP contribution in [0.25, 0.3) is 0 Å². The van der Waals surface area contributed by atoms with Crippen molar-refractivity contribution in [2.75, 3.05) is 24.6 Å². The monoisotopic (exact) mass is 828 g/mol. The number of unbranched alkanes of at least 4 members (excludes halogenated alkanes) is 20. The Bertz CT molecular complexity index is 654. The Morgan fingerprint density at radius 3 is 0.608 bits per heavy atom. The fraction of sp³-hybridized carbons (Fsp3) is 1.00. The molecule has 0 bridgehead atoms. The molecule has 316 valence electrons. The van der Waals surface area contributed by atoms with E-state index in [0.29, 0.717) is 0 Å². The number of hydrogen-bond acceptors (Lipinski definition) is 2. The minimum absolute atomic E-state index is 0.697. The molecule has 0 atom stereocenters. The van der Waals surface area contributed by atoms with Gasteiger partial charge in [-0.05, 0) is 86.8 Å². The second-order valence-corrected chi connectivity index (χ2v) is 25.3. The second kappa shape index (κ2) is 45.9. The maximum Gasteiger partial charge on any atom is 0.319 e. The van der Waals surface area contributed by atoms with Crippen molar-refractivity contribution in [2.24, 2.45) is 11.8 Å². The van der Waals surface area contributed by atoms with Gasteiger partial charge in [-0.3, -0.25) is 0 Å². The Balaban J connectivity index is -0.000000319. The first-order valence-electron chi connectivity index (χ1n) is 21.1. The van der Waals surface area contributed by atoms with Gasteiger partial charge in [-0.2, -0.15) is 0 Å². The lowest BCUT2D eigenvalue weighted by atomic mass is 10.1. The van der Waals surface area contributed by atoms with Crippen LogP contribution in [-0.4, -0.2) is 54.0 Å². The van der Waals surface area contributed by atoms with Crippen LogP contribution < -0.4 is 0 Å². The highest BCUT2D eigenvalue weighted by Gasteiger charge is 2.34. The molecule has 0 saturated heterocycles. The standard InChI is InChI=1S/C32H68P.2C4H10.2H3O3PS/c1-5-9-13-17-18-19-20-21-22-23-24-28-32-33(29-25-14-10-6-2,30-26-15-11-7-3)31-27-16-12-8-4;2*1-4(2)3;2*1-4(2,3)5/h5-32H2,1-4H3;2*4H,1-3H3;2*(H3,1,2,3,5)/q+1;;;;. The molecule has 0 fully saturated rings. The van der Waals surface area contributed by atoms with Gasteiger partial charge in [0, 0.05) is 7.26 Å². The molecular formula is C40H94O6P3S2+. The lowest BCUT2D eigenvalue weighted by molar-refractivity contribution is 0.361. The van der Waals surface area contributed by atoms with Crippen LogP contribution in [0.15, 0.2) is 0 Å². The number of hydrogen-bond donors (Lipinski definition) is 6. The molecule has 51 heavy (non-hydrogen) atoms. The van der Waals surface area contributed by atoms with Gasteiger partial charge < -0.3 is 29.4 Å². The highest BCUT2D eigenvalue weighted by Crippen LogP contribution is 2.61. The first kappa shape index (κ1) is 61.7. The van der Waals surface area contributed by atoms with Gasteiger partial charge in [0.2, 0.25) is 0 Å². The van der Waals surface area contributed by atoms with Crippen LogP contribution in [0.2, 0.25) is 0 Å². The Kier molecular flexibility index (Phi) is 55.5. The van der Waals surface area contributed by atoms with Crippen molar-refractivity contribution in [3.8, 4) is 0 Å². The molecule has 0 aromatic carbocycles. The van der Waals surface area contributed by atoms with Gasteiger partial charge in [0.15, 0.2) is 0 Å². The molecule has 0 aromatic heterocycles. The normalized spacial score (nSPS) is 11.5. The summed E-state index contributed by atoms with van der Waals surface area (Å²) in [6.45, 7) is 14.8. The van der Waals surface area contributed by atoms with E-state index < -0.39 is 20.7 Å². The topological polar surface area (TPSA) is 121 Å². The molecule has 0 radical (unpaired) electrons. The SMILES string of the molecule is CC(C)C.CC(C)C.CCCCCCCCCCCCCC[P+](CCCCCC)(CCCCCC)CCCCCC.OP(O)(O)=S.OP(O)(O)=S. The molecule has 0 spiro atoms. The average molecular weight is 828 g/mol.